The van der Waals surface area contributed by atoms with Crippen LogP contribution in [0.5, 0.6) is 0 Å². The van der Waals surface area contributed by atoms with Gasteiger partial charge in [-0.25, -0.2) is 0 Å². The van der Waals surface area contributed by atoms with E-state index < -0.39 is 5.97 Å². The average molecular weight is 193 g/mol. The van der Waals surface area contributed by atoms with E-state index in [1.807, 2.05) is 0 Å². The molecule has 0 saturated carbocycles. The molecule has 1 aromatic heterocycles. The summed E-state index contributed by atoms with van der Waals surface area (Å²) in [6.07, 6.45) is 1.80. The molecule has 0 spiro atoms. The number of aliphatic carboxylic acids is 1. The number of carboxylic acid groups (broad SMARTS) is 1. The number of Topliss-reactive ketones (excluding diaryl/α,β-unsaturated/α-hetero) is 1. The fraction of sp³-hybridized carbons (Fsp3) is 0.300. The molecule has 0 aliphatic rings. The van der Waals surface area contributed by atoms with Gasteiger partial charge in [0.25, 0.3) is 0 Å². The zero-order valence-electron chi connectivity index (χ0n) is 7.64. The van der Waals surface area contributed by atoms with Gasteiger partial charge in [-0.05, 0) is 12.1 Å². The van der Waals surface area contributed by atoms with Crippen molar-refractivity contribution < 1.29 is 14.7 Å². The van der Waals surface area contributed by atoms with E-state index in [0.717, 1.165) is 0 Å². The molecular weight excluding hydrogens is 182 g/mol. The molecule has 0 aliphatic heterocycles. The third kappa shape index (κ3) is 3.80. The number of carbonyl (C=O) groups is 2. The highest BCUT2D eigenvalue weighted by molar-refractivity contribution is 5.83. The molecule has 0 radical (unpaired) electrons. The molecule has 0 amide bonds. The van der Waals surface area contributed by atoms with Gasteiger partial charge in [0.1, 0.15) is 5.78 Å². The number of rotatable bonds is 5. The van der Waals surface area contributed by atoms with E-state index in [9.17, 15) is 9.59 Å². The van der Waals surface area contributed by atoms with Gasteiger partial charge in [-0.15, -0.1) is 0 Å². The van der Waals surface area contributed by atoms with Gasteiger partial charge in [-0.2, -0.15) is 0 Å². The van der Waals surface area contributed by atoms with Crippen LogP contribution in [0.15, 0.2) is 24.4 Å². The highest BCUT2D eigenvalue weighted by Crippen LogP contribution is 2.00. The Kier molecular flexibility index (Phi) is 3.79. The zero-order valence-corrected chi connectivity index (χ0v) is 7.64. The second-order valence-electron chi connectivity index (χ2n) is 2.93. The maximum atomic E-state index is 11.2. The Bertz CT molecular complexity index is 321. The molecule has 0 unspecified atom stereocenters. The smallest absolute Gasteiger partial charge is 0.303 e. The number of nitrogens with zero attached hydrogens (tertiary/aromatic N) is 1. The van der Waals surface area contributed by atoms with Crippen molar-refractivity contribution in [1.82, 2.24) is 4.98 Å². The molecular formula is C10H11NO3. The number of carboxylic acids is 1. The topological polar surface area (TPSA) is 67.3 Å². The van der Waals surface area contributed by atoms with Gasteiger partial charge >= 0.3 is 5.97 Å². The summed E-state index contributed by atoms with van der Waals surface area (Å²) in [6.45, 7) is 0. The standard InChI is InChI=1S/C10H11NO3/c12-9(4-5-10(13)14)7-8-3-1-2-6-11-8/h1-3,6H,4-5,7H2,(H,13,14). The summed E-state index contributed by atoms with van der Waals surface area (Å²) in [6, 6.07) is 5.32. The van der Waals surface area contributed by atoms with Crippen LogP contribution in [-0.2, 0) is 16.0 Å². The van der Waals surface area contributed by atoms with Crippen molar-refractivity contribution in [3.63, 3.8) is 0 Å². The van der Waals surface area contributed by atoms with Crippen molar-refractivity contribution in [2.45, 2.75) is 19.3 Å². The van der Waals surface area contributed by atoms with E-state index in [4.69, 9.17) is 5.11 Å². The molecule has 0 saturated heterocycles. The molecule has 1 N–H and O–H groups in total. The lowest BCUT2D eigenvalue weighted by atomic mass is 10.1. The molecule has 4 heteroatoms. The Balaban J connectivity index is 2.38. The quantitative estimate of drug-likeness (QED) is 0.759. The molecule has 0 aliphatic carbocycles. The average Bonchev–Trinajstić information content (AvgIpc) is 2.16. The number of ketones is 1. The number of carbonyl (C=O) groups excluding carboxylic acids is 1. The van der Waals surface area contributed by atoms with Crippen LogP contribution < -0.4 is 0 Å². The summed E-state index contributed by atoms with van der Waals surface area (Å²) in [4.78, 5) is 25.4. The van der Waals surface area contributed by atoms with Gasteiger partial charge in [-0.3, -0.25) is 14.6 Å². The number of hydrogen-bond acceptors (Lipinski definition) is 3. The minimum Gasteiger partial charge on any atom is -0.481 e. The Morgan fingerprint density at radius 2 is 2.07 bits per heavy atom. The van der Waals surface area contributed by atoms with E-state index in [2.05, 4.69) is 4.98 Å². The zero-order chi connectivity index (χ0) is 10.4. The second-order valence-corrected chi connectivity index (χ2v) is 2.93. The summed E-state index contributed by atoms with van der Waals surface area (Å²) in [7, 11) is 0. The summed E-state index contributed by atoms with van der Waals surface area (Å²) < 4.78 is 0. The van der Waals surface area contributed by atoms with Crippen LogP contribution in [0, 0.1) is 0 Å². The van der Waals surface area contributed by atoms with E-state index in [1.54, 1.807) is 24.4 Å². The second kappa shape index (κ2) is 5.11. The van der Waals surface area contributed by atoms with Crippen LogP contribution in [-0.4, -0.2) is 21.8 Å². The lowest BCUT2D eigenvalue weighted by molar-refractivity contribution is -0.138. The van der Waals surface area contributed by atoms with E-state index >= 15 is 0 Å². The molecule has 74 valence electrons. The molecule has 0 aromatic carbocycles. The Morgan fingerprint density at radius 3 is 2.64 bits per heavy atom. The Morgan fingerprint density at radius 1 is 1.29 bits per heavy atom. The number of hydrogen-bond donors (Lipinski definition) is 1. The summed E-state index contributed by atoms with van der Waals surface area (Å²) in [5.74, 6) is -1.04. The number of pyridine rings is 1. The minimum atomic E-state index is -0.945. The Hall–Kier alpha value is -1.71. The molecule has 1 rings (SSSR count). The fourth-order valence-corrected chi connectivity index (χ4v) is 1.04. The van der Waals surface area contributed by atoms with Crippen molar-refractivity contribution >= 4 is 11.8 Å². The highest BCUT2D eigenvalue weighted by Gasteiger charge is 2.06. The first kappa shape index (κ1) is 10.4. The van der Waals surface area contributed by atoms with Crippen LogP contribution in [0.2, 0.25) is 0 Å². The summed E-state index contributed by atoms with van der Waals surface area (Å²) in [5, 5.41) is 8.36. The maximum absolute atomic E-state index is 11.2. The van der Waals surface area contributed by atoms with Gasteiger partial charge in [0, 0.05) is 24.7 Å². The predicted octanol–water partition coefficient (Wildman–Crippen LogP) is 1.06. The lowest BCUT2D eigenvalue weighted by Crippen LogP contribution is -2.07. The molecule has 1 heterocycles. The van der Waals surface area contributed by atoms with E-state index in [0.29, 0.717) is 5.69 Å². The highest BCUT2D eigenvalue weighted by atomic mass is 16.4. The van der Waals surface area contributed by atoms with Crippen molar-refractivity contribution in [2.24, 2.45) is 0 Å². The predicted molar refractivity (Wildman–Crippen MR) is 49.8 cm³/mol. The van der Waals surface area contributed by atoms with Gasteiger partial charge in [0.15, 0.2) is 0 Å². The van der Waals surface area contributed by atoms with Gasteiger partial charge in [0.2, 0.25) is 0 Å². The van der Waals surface area contributed by atoms with Crippen LogP contribution in [0.1, 0.15) is 18.5 Å². The van der Waals surface area contributed by atoms with Gasteiger partial charge < -0.3 is 5.11 Å². The van der Waals surface area contributed by atoms with Crippen LogP contribution >= 0.6 is 0 Å². The minimum absolute atomic E-state index is 0.0753. The molecule has 0 atom stereocenters. The SMILES string of the molecule is O=C(O)CCC(=O)Cc1ccccn1. The van der Waals surface area contributed by atoms with E-state index in [1.165, 1.54) is 0 Å². The first-order chi connectivity index (χ1) is 6.68. The third-order valence-electron chi connectivity index (χ3n) is 1.72. The molecule has 4 nitrogen and oxygen atoms in total. The normalized spacial score (nSPS) is 9.71. The fourth-order valence-electron chi connectivity index (χ4n) is 1.04. The lowest BCUT2D eigenvalue weighted by Gasteiger charge is -1.97. The van der Waals surface area contributed by atoms with E-state index in [-0.39, 0.29) is 25.0 Å². The van der Waals surface area contributed by atoms with Crippen molar-refractivity contribution in [1.29, 1.82) is 0 Å². The molecule has 0 fully saturated rings. The summed E-state index contributed by atoms with van der Waals surface area (Å²) in [5.41, 5.74) is 0.683. The molecule has 14 heavy (non-hydrogen) atoms. The maximum Gasteiger partial charge on any atom is 0.303 e. The first-order valence-corrected chi connectivity index (χ1v) is 4.32. The largest absolute Gasteiger partial charge is 0.481 e. The number of aromatic nitrogens is 1. The van der Waals surface area contributed by atoms with Crippen molar-refractivity contribution in [3.8, 4) is 0 Å². The van der Waals surface area contributed by atoms with Crippen LogP contribution in [0.25, 0.3) is 0 Å². The van der Waals surface area contributed by atoms with Gasteiger partial charge in [0.05, 0.1) is 6.42 Å². The summed E-state index contributed by atoms with van der Waals surface area (Å²) >= 11 is 0. The first-order valence-electron chi connectivity index (χ1n) is 4.32. The van der Waals surface area contributed by atoms with Gasteiger partial charge in [-0.1, -0.05) is 6.07 Å². The van der Waals surface area contributed by atoms with Crippen molar-refractivity contribution in [3.05, 3.63) is 30.1 Å². The Labute approximate surface area is 81.6 Å². The monoisotopic (exact) mass is 193 g/mol. The third-order valence-corrected chi connectivity index (χ3v) is 1.72. The van der Waals surface area contributed by atoms with Crippen molar-refractivity contribution in [2.75, 3.05) is 0 Å². The van der Waals surface area contributed by atoms with Crippen LogP contribution in [0.4, 0.5) is 0 Å². The molecule has 1 aromatic rings. The molecule has 0 bridgehead atoms. The van der Waals surface area contributed by atoms with Crippen LogP contribution in [0.3, 0.4) is 0 Å².